The molecule has 94 valence electrons. The van der Waals surface area contributed by atoms with Gasteiger partial charge in [0.2, 0.25) is 0 Å². The molecule has 0 heterocycles. The molecule has 0 aromatic heterocycles. The fourth-order valence-corrected chi connectivity index (χ4v) is 3.01. The maximum absolute atomic E-state index is 12.9. The zero-order valence-corrected chi connectivity index (χ0v) is 11.2. The molecule has 17 heavy (non-hydrogen) atoms. The Hall–Kier alpha value is -0.850. The van der Waals surface area contributed by atoms with E-state index in [-0.39, 0.29) is 5.82 Å². The van der Waals surface area contributed by atoms with Crippen molar-refractivity contribution in [1.29, 1.82) is 0 Å². The minimum Gasteiger partial charge on any atom is -0.207 e. The van der Waals surface area contributed by atoms with Crippen molar-refractivity contribution >= 4 is 0 Å². The lowest BCUT2D eigenvalue weighted by Crippen LogP contribution is -2.26. The second-order valence-electron chi connectivity index (χ2n) is 6.48. The quantitative estimate of drug-likeness (QED) is 0.630. The molecule has 1 saturated carbocycles. The van der Waals surface area contributed by atoms with Crippen LogP contribution in [-0.4, -0.2) is 0 Å². The van der Waals surface area contributed by atoms with Gasteiger partial charge in [0.05, 0.1) is 0 Å². The van der Waals surface area contributed by atoms with Crippen molar-refractivity contribution in [1.82, 2.24) is 0 Å². The molecule has 1 heteroatoms. The highest BCUT2D eigenvalue weighted by Gasteiger charge is 2.31. The van der Waals surface area contributed by atoms with Crippen molar-refractivity contribution in [2.75, 3.05) is 0 Å². The minimum atomic E-state index is -0.128. The Balaban J connectivity index is 2.09. The van der Waals surface area contributed by atoms with E-state index in [0.29, 0.717) is 11.3 Å². The van der Waals surface area contributed by atoms with Crippen molar-refractivity contribution in [3.8, 4) is 0 Å². The summed E-state index contributed by atoms with van der Waals surface area (Å²) >= 11 is 0. The van der Waals surface area contributed by atoms with E-state index in [4.69, 9.17) is 0 Å². The van der Waals surface area contributed by atoms with Gasteiger partial charge in [0.25, 0.3) is 0 Å². The van der Waals surface area contributed by atoms with E-state index in [1.165, 1.54) is 31.2 Å². The van der Waals surface area contributed by atoms with Crippen LogP contribution in [0.15, 0.2) is 24.3 Å². The molecular weight excluding hydrogens is 211 g/mol. The van der Waals surface area contributed by atoms with E-state index in [1.54, 1.807) is 12.1 Å². The molecule has 1 aromatic carbocycles. The van der Waals surface area contributed by atoms with Crippen LogP contribution in [0.3, 0.4) is 0 Å². The van der Waals surface area contributed by atoms with Gasteiger partial charge in [-0.25, -0.2) is 4.39 Å². The summed E-state index contributed by atoms with van der Waals surface area (Å²) in [6, 6.07) is 7.11. The molecule has 0 nitrogen and oxygen atoms in total. The second-order valence-corrected chi connectivity index (χ2v) is 6.48. The van der Waals surface area contributed by atoms with Crippen molar-refractivity contribution in [3.05, 3.63) is 35.6 Å². The summed E-state index contributed by atoms with van der Waals surface area (Å²) < 4.78 is 12.9. The standard InChI is InChI=1S/C16H23F/c1-16(2,3)14-6-4-5-13(11-14)12-7-9-15(17)10-8-12/h7-10,13-14H,4-6,11H2,1-3H3/t13-,14+/m1/s1. The predicted molar refractivity (Wildman–Crippen MR) is 70.6 cm³/mol. The van der Waals surface area contributed by atoms with Crippen LogP contribution < -0.4 is 0 Å². The fourth-order valence-electron chi connectivity index (χ4n) is 3.01. The molecule has 0 unspecified atom stereocenters. The molecule has 1 aliphatic carbocycles. The summed E-state index contributed by atoms with van der Waals surface area (Å²) in [4.78, 5) is 0. The smallest absolute Gasteiger partial charge is 0.123 e. The summed E-state index contributed by atoms with van der Waals surface area (Å²) in [5, 5.41) is 0. The van der Waals surface area contributed by atoms with E-state index in [1.807, 2.05) is 12.1 Å². The Morgan fingerprint density at radius 2 is 1.71 bits per heavy atom. The molecule has 1 fully saturated rings. The first-order valence-corrected chi connectivity index (χ1v) is 6.72. The number of rotatable bonds is 1. The van der Waals surface area contributed by atoms with E-state index in [0.717, 1.165) is 5.92 Å². The maximum atomic E-state index is 12.9. The number of benzene rings is 1. The van der Waals surface area contributed by atoms with Gasteiger partial charge in [0.15, 0.2) is 0 Å². The van der Waals surface area contributed by atoms with Crippen LogP contribution in [0, 0.1) is 17.2 Å². The summed E-state index contributed by atoms with van der Waals surface area (Å²) in [6.45, 7) is 7.01. The average Bonchev–Trinajstić information content (AvgIpc) is 2.29. The van der Waals surface area contributed by atoms with Gasteiger partial charge in [-0.3, -0.25) is 0 Å². The number of hydrogen-bond acceptors (Lipinski definition) is 0. The first-order valence-electron chi connectivity index (χ1n) is 6.72. The van der Waals surface area contributed by atoms with Crippen LogP contribution in [0.5, 0.6) is 0 Å². The van der Waals surface area contributed by atoms with Crippen molar-refractivity contribution in [3.63, 3.8) is 0 Å². The highest BCUT2D eigenvalue weighted by atomic mass is 19.1. The van der Waals surface area contributed by atoms with Crippen LogP contribution in [-0.2, 0) is 0 Å². The third kappa shape index (κ3) is 3.08. The summed E-state index contributed by atoms with van der Waals surface area (Å²) in [5.41, 5.74) is 1.72. The van der Waals surface area contributed by atoms with Gasteiger partial charge in [0, 0.05) is 0 Å². The number of halogens is 1. The number of hydrogen-bond donors (Lipinski definition) is 0. The Kier molecular flexibility index (Phi) is 3.56. The van der Waals surface area contributed by atoms with Crippen LogP contribution >= 0.6 is 0 Å². The normalized spacial score (nSPS) is 25.9. The highest BCUT2D eigenvalue weighted by Crippen LogP contribution is 2.43. The predicted octanol–water partition coefficient (Wildman–Crippen LogP) is 5.15. The first-order chi connectivity index (χ1) is 7.97. The maximum Gasteiger partial charge on any atom is 0.123 e. The van der Waals surface area contributed by atoms with E-state index in [2.05, 4.69) is 20.8 Å². The van der Waals surface area contributed by atoms with Crippen LogP contribution in [0.4, 0.5) is 4.39 Å². The van der Waals surface area contributed by atoms with Gasteiger partial charge in [-0.05, 0) is 54.2 Å². The molecule has 0 aliphatic heterocycles. The monoisotopic (exact) mass is 234 g/mol. The molecule has 0 spiro atoms. The molecule has 2 atom stereocenters. The molecule has 0 amide bonds. The summed E-state index contributed by atoms with van der Waals surface area (Å²) in [6.07, 6.45) is 5.18. The average molecular weight is 234 g/mol. The lowest BCUT2D eigenvalue weighted by atomic mass is 9.68. The summed E-state index contributed by atoms with van der Waals surface area (Å²) in [7, 11) is 0. The van der Waals surface area contributed by atoms with Gasteiger partial charge in [-0.1, -0.05) is 39.3 Å². The SMILES string of the molecule is CC(C)(C)[C@H]1CCC[C@@H](c2ccc(F)cc2)C1. The zero-order valence-electron chi connectivity index (χ0n) is 11.2. The van der Waals surface area contributed by atoms with Crippen molar-refractivity contribution in [2.45, 2.75) is 52.4 Å². The van der Waals surface area contributed by atoms with Crippen molar-refractivity contribution < 1.29 is 4.39 Å². The van der Waals surface area contributed by atoms with Gasteiger partial charge in [-0.2, -0.15) is 0 Å². The third-order valence-electron chi connectivity index (χ3n) is 4.24. The van der Waals surface area contributed by atoms with E-state index in [9.17, 15) is 4.39 Å². The van der Waals surface area contributed by atoms with Crippen LogP contribution in [0.25, 0.3) is 0 Å². The molecule has 0 radical (unpaired) electrons. The molecule has 0 bridgehead atoms. The third-order valence-corrected chi connectivity index (χ3v) is 4.24. The van der Waals surface area contributed by atoms with E-state index < -0.39 is 0 Å². The van der Waals surface area contributed by atoms with Crippen molar-refractivity contribution in [2.24, 2.45) is 11.3 Å². The topological polar surface area (TPSA) is 0 Å². The van der Waals surface area contributed by atoms with Gasteiger partial charge in [-0.15, -0.1) is 0 Å². The van der Waals surface area contributed by atoms with Crippen LogP contribution in [0.1, 0.15) is 57.9 Å². The Morgan fingerprint density at radius 3 is 2.29 bits per heavy atom. The van der Waals surface area contributed by atoms with Gasteiger partial charge < -0.3 is 0 Å². The second kappa shape index (κ2) is 4.80. The molecular formula is C16H23F. The lowest BCUT2D eigenvalue weighted by molar-refractivity contribution is 0.165. The van der Waals surface area contributed by atoms with E-state index >= 15 is 0 Å². The largest absolute Gasteiger partial charge is 0.207 e. The molecule has 2 rings (SSSR count). The molecule has 1 aliphatic rings. The molecule has 0 saturated heterocycles. The minimum absolute atomic E-state index is 0.128. The lowest BCUT2D eigenvalue weighted by Gasteiger charge is -2.38. The van der Waals surface area contributed by atoms with Crippen LogP contribution in [0.2, 0.25) is 0 Å². The zero-order chi connectivity index (χ0) is 12.5. The molecule has 0 N–H and O–H groups in total. The van der Waals surface area contributed by atoms with Gasteiger partial charge in [0.1, 0.15) is 5.82 Å². The summed E-state index contributed by atoms with van der Waals surface area (Å²) in [5.74, 6) is 1.30. The first kappa shape index (κ1) is 12.6. The highest BCUT2D eigenvalue weighted by molar-refractivity contribution is 5.21. The molecule has 1 aromatic rings. The Bertz CT molecular complexity index is 358. The van der Waals surface area contributed by atoms with Gasteiger partial charge >= 0.3 is 0 Å². The Labute approximate surface area is 104 Å². The Morgan fingerprint density at radius 1 is 1.06 bits per heavy atom. The fraction of sp³-hybridized carbons (Fsp3) is 0.625.